The molecule has 0 radical (unpaired) electrons. The topological polar surface area (TPSA) is 50.4 Å². The van der Waals surface area contributed by atoms with Crippen LogP contribution in [0.2, 0.25) is 0 Å². The van der Waals surface area contributed by atoms with Gasteiger partial charge in [-0.25, -0.2) is 9.38 Å². The molecule has 1 saturated carbocycles. The molecule has 1 aromatic rings. The highest BCUT2D eigenvalue weighted by molar-refractivity contribution is 9.10. The molecule has 0 spiro atoms. The van der Waals surface area contributed by atoms with E-state index in [1.165, 1.54) is 25.3 Å². The SMILES string of the molecule is NC(=NCc1cc(Br)ccc1F)NC1CCCCC1. The number of aliphatic imine (C=N–C) groups is 1. The fourth-order valence-corrected chi connectivity index (χ4v) is 2.75. The van der Waals surface area contributed by atoms with Crippen molar-refractivity contribution in [3.05, 3.63) is 34.1 Å². The van der Waals surface area contributed by atoms with Gasteiger partial charge in [0.25, 0.3) is 0 Å². The van der Waals surface area contributed by atoms with Gasteiger partial charge >= 0.3 is 0 Å². The minimum atomic E-state index is -0.252. The van der Waals surface area contributed by atoms with E-state index in [-0.39, 0.29) is 12.4 Å². The van der Waals surface area contributed by atoms with Crippen molar-refractivity contribution < 1.29 is 4.39 Å². The predicted octanol–water partition coefficient (Wildman–Crippen LogP) is 3.33. The number of benzene rings is 1. The second kappa shape index (κ2) is 6.89. The van der Waals surface area contributed by atoms with Gasteiger partial charge in [-0.15, -0.1) is 0 Å². The van der Waals surface area contributed by atoms with Crippen molar-refractivity contribution in [3.63, 3.8) is 0 Å². The summed E-state index contributed by atoms with van der Waals surface area (Å²) in [6, 6.07) is 5.25. The predicted molar refractivity (Wildman–Crippen MR) is 79.4 cm³/mol. The Balaban J connectivity index is 1.91. The normalized spacial score (nSPS) is 17.5. The summed E-state index contributed by atoms with van der Waals surface area (Å²) in [5.41, 5.74) is 6.39. The van der Waals surface area contributed by atoms with Gasteiger partial charge in [-0.2, -0.15) is 0 Å². The summed E-state index contributed by atoms with van der Waals surface area (Å²) in [5.74, 6) is 0.156. The van der Waals surface area contributed by atoms with Crippen LogP contribution in [0.15, 0.2) is 27.7 Å². The van der Waals surface area contributed by atoms with E-state index in [1.807, 2.05) is 0 Å². The maximum atomic E-state index is 13.5. The maximum Gasteiger partial charge on any atom is 0.189 e. The largest absolute Gasteiger partial charge is 0.370 e. The Hall–Kier alpha value is -1.10. The van der Waals surface area contributed by atoms with E-state index in [9.17, 15) is 4.39 Å². The van der Waals surface area contributed by atoms with Crippen molar-refractivity contribution in [2.45, 2.75) is 44.7 Å². The van der Waals surface area contributed by atoms with Crippen molar-refractivity contribution in [3.8, 4) is 0 Å². The van der Waals surface area contributed by atoms with E-state index >= 15 is 0 Å². The number of hydrogen-bond donors (Lipinski definition) is 2. The first-order chi connectivity index (χ1) is 9.15. The molecule has 5 heteroatoms. The van der Waals surface area contributed by atoms with Crippen molar-refractivity contribution in [1.82, 2.24) is 5.32 Å². The van der Waals surface area contributed by atoms with E-state index in [0.29, 0.717) is 17.6 Å². The quantitative estimate of drug-likeness (QED) is 0.661. The van der Waals surface area contributed by atoms with Gasteiger partial charge in [-0.1, -0.05) is 35.2 Å². The number of hydrogen-bond acceptors (Lipinski definition) is 1. The molecule has 1 fully saturated rings. The Labute approximate surface area is 121 Å². The van der Waals surface area contributed by atoms with Crippen LogP contribution in [0.1, 0.15) is 37.7 Å². The van der Waals surface area contributed by atoms with Crippen LogP contribution in [0.25, 0.3) is 0 Å². The number of guanidine groups is 1. The van der Waals surface area contributed by atoms with Gasteiger partial charge in [0.15, 0.2) is 5.96 Å². The monoisotopic (exact) mass is 327 g/mol. The van der Waals surface area contributed by atoms with Gasteiger partial charge < -0.3 is 11.1 Å². The number of halogens is 2. The summed E-state index contributed by atoms with van der Waals surface area (Å²) < 4.78 is 14.4. The molecular formula is C14H19BrFN3. The van der Waals surface area contributed by atoms with Crippen LogP contribution in [-0.4, -0.2) is 12.0 Å². The highest BCUT2D eigenvalue weighted by Gasteiger charge is 2.13. The first-order valence-electron chi connectivity index (χ1n) is 6.65. The van der Waals surface area contributed by atoms with E-state index in [4.69, 9.17) is 5.73 Å². The Morgan fingerprint density at radius 1 is 1.37 bits per heavy atom. The molecular weight excluding hydrogens is 309 g/mol. The number of nitrogens with zero attached hydrogens (tertiary/aromatic N) is 1. The van der Waals surface area contributed by atoms with Gasteiger partial charge in [0.2, 0.25) is 0 Å². The van der Waals surface area contributed by atoms with Crippen LogP contribution in [0.4, 0.5) is 4.39 Å². The van der Waals surface area contributed by atoms with Gasteiger partial charge in [-0.05, 0) is 31.0 Å². The molecule has 0 atom stereocenters. The van der Waals surface area contributed by atoms with E-state index in [2.05, 4.69) is 26.2 Å². The van der Waals surface area contributed by atoms with E-state index in [1.54, 1.807) is 12.1 Å². The zero-order valence-electron chi connectivity index (χ0n) is 10.8. The molecule has 0 amide bonds. The molecule has 1 aromatic carbocycles. The van der Waals surface area contributed by atoms with Crippen LogP contribution in [-0.2, 0) is 6.54 Å². The highest BCUT2D eigenvalue weighted by Crippen LogP contribution is 2.18. The zero-order chi connectivity index (χ0) is 13.7. The van der Waals surface area contributed by atoms with Crippen LogP contribution >= 0.6 is 15.9 Å². The molecule has 0 unspecified atom stereocenters. The second-order valence-corrected chi connectivity index (χ2v) is 5.83. The van der Waals surface area contributed by atoms with Crippen molar-refractivity contribution in [2.24, 2.45) is 10.7 Å². The average Bonchev–Trinajstić information content (AvgIpc) is 2.41. The lowest BCUT2D eigenvalue weighted by atomic mass is 9.96. The summed E-state index contributed by atoms with van der Waals surface area (Å²) in [6.07, 6.45) is 6.07. The Morgan fingerprint density at radius 3 is 2.84 bits per heavy atom. The number of nitrogens with two attached hydrogens (primary N) is 1. The minimum absolute atomic E-state index is 0.252. The average molecular weight is 328 g/mol. The molecule has 3 nitrogen and oxygen atoms in total. The van der Waals surface area contributed by atoms with E-state index < -0.39 is 0 Å². The molecule has 0 bridgehead atoms. The van der Waals surface area contributed by atoms with Gasteiger partial charge in [0.05, 0.1) is 6.54 Å². The van der Waals surface area contributed by atoms with Crippen LogP contribution in [0, 0.1) is 5.82 Å². The molecule has 3 N–H and O–H groups in total. The molecule has 0 saturated heterocycles. The lowest BCUT2D eigenvalue weighted by molar-refractivity contribution is 0.412. The third-order valence-corrected chi connectivity index (χ3v) is 3.88. The van der Waals surface area contributed by atoms with Gasteiger partial charge in [-0.3, -0.25) is 0 Å². The first kappa shape index (κ1) is 14.3. The fourth-order valence-electron chi connectivity index (χ4n) is 2.34. The lowest BCUT2D eigenvalue weighted by Crippen LogP contribution is -2.41. The van der Waals surface area contributed by atoms with Crippen molar-refractivity contribution >= 4 is 21.9 Å². The van der Waals surface area contributed by atoms with Crippen LogP contribution in [0.3, 0.4) is 0 Å². The Bertz CT molecular complexity index is 456. The zero-order valence-corrected chi connectivity index (χ0v) is 12.4. The summed E-state index contributed by atoms with van der Waals surface area (Å²) in [5, 5.41) is 3.22. The minimum Gasteiger partial charge on any atom is -0.370 e. The Morgan fingerprint density at radius 2 is 2.11 bits per heavy atom. The number of nitrogens with one attached hydrogen (secondary N) is 1. The first-order valence-corrected chi connectivity index (χ1v) is 7.45. The third kappa shape index (κ3) is 4.49. The molecule has 1 aliphatic rings. The summed E-state index contributed by atoms with van der Waals surface area (Å²) >= 11 is 3.32. The molecule has 104 valence electrons. The third-order valence-electron chi connectivity index (χ3n) is 3.38. The fraction of sp³-hybridized carbons (Fsp3) is 0.500. The van der Waals surface area contributed by atoms with Gasteiger partial charge in [0.1, 0.15) is 5.82 Å². The van der Waals surface area contributed by atoms with Crippen molar-refractivity contribution in [2.75, 3.05) is 0 Å². The molecule has 0 heterocycles. The second-order valence-electron chi connectivity index (χ2n) is 4.92. The van der Waals surface area contributed by atoms with Crippen LogP contribution < -0.4 is 11.1 Å². The standard InChI is InChI=1S/C14H19BrFN3/c15-11-6-7-13(16)10(8-11)9-18-14(17)19-12-4-2-1-3-5-12/h6-8,12H,1-5,9H2,(H3,17,18,19). The summed E-state index contributed by atoms with van der Waals surface area (Å²) in [4.78, 5) is 4.21. The smallest absolute Gasteiger partial charge is 0.189 e. The lowest BCUT2D eigenvalue weighted by Gasteiger charge is -2.23. The molecule has 2 rings (SSSR count). The summed E-state index contributed by atoms with van der Waals surface area (Å²) in [7, 11) is 0. The number of rotatable bonds is 3. The maximum absolute atomic E-state index is 13.5. The highest BCUT2D eigenvalue weighted by atomic mass is 79.9. The van der Waals surface area contributed by atoms with Crippen molar-refractivity contribution in [1.29, 1.82) is 0 Å². The molecule has 0 aromatic heterocycles. The van der Waals surface area contributed by atoms with E-state index in [0.717, 1.165) is 17.3 Å². The van der Waals surface area contributed by atoms with Gasteiger partial charge in [0, 0.05) is 16.1 Å². The molecule has 19 heavy (non-hydrogen) atoms. The molecule has 1 aliphatic carbocycles. The summed E-state index contributed by atoms with van der Waals surface area (Å²) in [6.45, 7) is 0.261. The van der Waals surface area contributed by atoms with Crippen LogP contribution in [0.5, 0.6) is 0 Å². The molecule has 0 aliphatic heterocycles. The Kier molecular flexibility index (Phi) is 5.19.